The Morgan fingerprint density at radius 1 is 1.15 bits per heavy atom. The van der Waals surface area contributed by atoms with Crippen LogP contribution >= 0.6 is 23.1 Å². The number of ketones is 1. The fraction of sp³-hybridized carbons (Fsp3) is 0.657. The summed E-state index contributed by atoms with van der Waals surface area (Å²) in [4.78, 5) is 49.2. The third-order valence-electron chi connectivity index (χ3n) is 9.59. The van der Waals surface area contributed by atoms with Crippen LogP contribution in [0, 0.1) is 11.8 Å². The zero-order valence-corrected chi connectivity index (χ0v) is 30.2. The monoisotopic (exact) mass is 674 g/mol. The molecule has 2 aromatic rings. The zero-order chi connectivity index (χ0) is 33.8. The average molecular weight is 675 g/mol. The molecule has 11 heteroatoms. The summed E-state index contributed by atoms with van der Waals surface area (Å²) >= 11 is 3.11. The van der Waals surface area contributed by atoms with Gasteiger partial charge in [0.2, 0.25) is 11.8 Å². The fourth-order valence-electron chi connectivity index (χ4n) is 6.86. The second-order valence-electron chi connectivity index (χ2n) is 12.6. The number of likely N-dealkylation sites (tertiary alicyclic amines) is 1. The van der Waals surface area contributed by atoms with Gasteiger partial charge in [-0.3, -0.25) is 14.4 Å². The minimum atomic E-state index is -0.618. The fourth-order valence-corrected chi connectivity index (χ4v) is 8.11. The molecule has 2 heterocycles. The van der Waals surface area contributed by atoms with Crippen LogP contribution in [0.3, 0.4) is 0 Å². The van der Waals surface area contributed by atoms with E-state index in [1.54, 1.807) is 43.7 Å². The lowest BCUT2D eigenvalue weighted by Gasteiger charge is -2.40. The van der Waals surface area contributed by atoms with Crippen molar-refractivity contribution >= 4 is 40.7 Å². The van der Waals surface area contributed by atoms with Crippen LogP contribution in [0.4, 0.5) is 0 Å². The van der Waals surface area contributed by atoms with Crippen molar-refractivity contribution in [3.8, 4) is 0 Å². The number of rotatable bonds is 19. The molecule has 2 amide bonds. The van der Waals surface area contributed by atoms with E-state index in [0.29, 0.717) is 18.7 Å². The molecule has 2 N–H and O–H groups in total. The van der Waals surface area contributed by atoms with Gasteiger partial charge in [0.1, 0.15) is 5.78 Å². The minimum Gasteiger partial charge on any atom is -0.379 e. The number of hydrogen-bond donors (Lipinski definition) is 1. The SMILES string of the molecule is CC[C@H](C)[C@@H]([C@@H](CC(=O)N1CCC[C@H]1[C@H](OC)[C@@H](C)C(=O)C[C@@H](Cc1ccccc1)c1nccs1)OC)N(C)C(=O)[C@@H](N)CSC. The number of hydrogen-bond acceptors (Lipinski definition) is 9. The van der Waals surface area contributed by atoms with Crippen LogP contribution in [-0.2, 0) is 30.3 Å². The summed E-state index contributed by atoms with van der Waals surface area (Å²) in [5.74, 6) is 0.0827. The molecule has 256 valence electrons. The molecule has 46 heavy (non-hydrogen) atoms. The highest BCUT2D eigenvalue weighted by atomic mass is 32.2. The second-order valence-corrected chi connectivity index (χ2v) is 14.4. The number of thiazole rings is 1. The van der Waals surface area contributed by atoms with E-state index in [1.807, 2.05) is 41.7 Å². The summed E-state index contributed by atoms with van der Waals surface area (Å²) in [6.07, 6.45) is 6.39. The standard InChI is InChI=1S/C35H54N4O5S2/c1-8-23(2)32(38(4)35(42)27(36)22-45-7)30(43-5)21-31(41)39-17-12-15-28(39)33(44-6)24(3)29(40)20-26(34-37-16-18-46-34)19-25-13-10-9-11-14-25/h9-11,13-14,16,18,23-24,26-28,30,32-33H,8,12,15,17,19-22,36H2,1-7H3/t23-,24-,26+,27-,28-,30+,32-,33+/m0/s1. The summed E-state index contributed by atoms with van der Waals surface area (Å²) in [6.45, 7) is 6.67. The zero-order valence-electron chi connectivity index (χ0n) is 28.6. The number of ether oxygens (including phenoxy) is 2. The van der Waals surface area contributed by atoms with Crippen molar-refractivity contribution in [3.05, 3.63) is 52.5 Å². The Hall–Kier alpha value is -2.31. The predicted molar refractivity (Wildman–Crippen MR) is 187 cm³/mol. The highest BCUT2D eigenvalue weighted by molar-refractivity contribution is 7.98. The van der Waals surface area contributed by atoms with Gasteiger partial charge in [-0.1, -0.05) is 57.5 Å². The van der Waals surface area contributed by atoms with E-state index in [1.165, 1.54) is 17.3 Å². The number of aromatic nitrogens is 1. The number of nitrogens with two attached hydrogens (primary N) is 1. The number of thioether (sulfide) groups is 1. The first-order chi connectivity index (χ1) is 22.1. The maximum Gasteiger partial charge on any atom is 0.240 e. The van der Waals surface area contributed by atoms with Crippen molar-refractivity contribution in [2.75, 3.05) is 39.8 Å². The largest absolute Gasteiger partial charge is 0.379 e. The van der Waals surface area contributed by atoms with Crippen LogP contribution in [0.15, 0.2) is 41.9 Å². The van der Waals surface area contributed by atoms with Gasteiger partial charge in [0, 0.05) is 63.4 Å². The van der Waals surface area contributed by atoms with Gasteiger partial charge < -0.3 is 25.0 Å². The molecule has 0 bridgehead atoms. The lowest BCUT2D eigenvalue weighted by molar-refractivity contribution is -0.145. The first-order valence-corrected chi connectivity index (χ1v) is 18.7. The van der Waals surface area contributed by atoms with E-state index >= 15 is 0 Å². The molecule has 1 aliphatic heterocycles. The lowest BCUT2D eigenvalue weighted by atomic mass is 9.85. The Morgan fingerprint density at radius 3 is 2.46 bits per heavy atom. The first kappa shape index (κ1) is 38.1. The maximum absolute atomic E-state index is 14.0. The smallest absolute Gasteiger partial charge is 0.240 e. The van der Waals surface area contributed by atoms with E-state index in [4.69, 9.17) is 15.2 Å². The number of likely N-dealkylation sites (N-methyl/N-ethyl adjacent to an activating group) is 1. The molecule has 1 fully saturated rings. The molecule has 0 unspecified atom stereocenters. The van der Waals surface area contributed by atoms with Crippen molar-refractivity contribution in [2.24, 2.45) is 17.6 Å². The number of benzene rings is 1. The highest BCUT2D eigenvalue weighted by Crippen LogP contribution is 2.32. The highest BCUT2D eigenvalue weighted by Gasteiger charge is 2.42. The van der Waals surface area contributed by atoms with Crippen molar-refractivity contribution in [2.45, 2.75) is 95.5 Å². The quantitative estimate of drug-likeness (QED) is 0.221. The van der Waals surface area contributed by atoms with Crippen molar-refractivity contribution in [1.29, 1.82) is 0 Å². The van der Waals surface area contributed by atoms with Crippen molar-refractivity contribution in [1.82, 2.24) is 14.8 Å². The van der Waals surface area contributed by atoms with Crippen LogP contribution < -0.4 is 5.73 Å². The summed E-state index contributed by atoms with van der Waals surface area (Å²) in [7, 11) is 4.99. The molecule has 0 spiro atoms. The number of Topliss-reactive ketones (excluding diaryl/α,β-unsaturated/α-hetero) is 1. The third kappa shape index (κ3) is 9.86. The Balaban J connectivity index is 1.75. The van der Waals surface area contributed by atoms with Crippen LogP contribution in [-0.4, -0.2) is 103 Å². The Labute approximate surface area is 284 Å². The lowest BCUT2D eigenvalue weighted by Crippen LogP contribution is -2.55. The average Bonchev–Trinajstić information content (AvgIpc) is 3.78. The molecule has 0 saturated carbocycles. The number of nitrogens with zero attached hydrogens (tertiary/aromatic N) is 3. The predicted octanol–water partition coefficient (Wildman–Crippen LogP) is 5.04. The number of carbonyl (C=O) groups is 3. The molecule has 0 radical (unpaired) electrons. The number of carbonyl (C=O) groups excluding carboxylic acids is 3. The van der Waals surface area contributed by atoms with Gasteiger partial charge in [0.05, 0.1) is 41.8 Å². The van der Waals surface area contributed by atoms with Crippen molar-refractivity contribution < 1.29 is 23.9 Å². The van der Waals surface area contributed by atoms with Crippen molar-refractivity contribution in [3.63, 3.8) is 0 Å². The van der Waals surface area contributed by atoms with Gasteiger partial charge in [-0.05, 0) is 37.0 Å². The van der Waals surface area contributed by atoms with Crippen LogP contribution in [0.2, 0.25) is 0 Å². The third-order valence-corrected chi connectivity index (χ3v) is 11.2. The van der Waals surface area contributed by atoms with Crippen LogP contribution in [0.1, 0.15) is 69.4 Å². The Morgan fingerprint density at radius 2 is 1.87 bits per heavy atom. The molecular weight excluding hydrogens is 621 g/mol. The summed E-state index contributed by atoms with van der Waals surface area (Å²) in [5, 5.41) is 2.91. The first-order valence-electron chi connectivity index (χ1n) is 16.4. The van der Waals surface area contributed by atoms with Gasteiger partial charge in [-0.25, -0.2) is 4.98 Å². The van der Waals surface area contributed by atoms with Crippen LogP contribution in [0.5, 0.6) is 0 Å². The molecule has 0 aliphatic carbocycles. The molecule has 1 aromatic heterocycles. The summed E-state index contributed by atoms with van der Waals surface area (Å²) in [5.41, 5.74) is 7.36. The Bertz CT molecular complexity index is 1220. The van der Waals surface area contributed by atoms with Gasteiger partial charge in [0.25, 0.3) is 0 Å². The van der Waals surface area contributed by atoms with E-state index in [0.717, 1.165) is 30.7 Å². The minimum absolute atomic E-state index is 0.0279. The molecule has 1 aliphatic rings. The summed E-state index contributed by atoms with van der Waals surface area (Å²) in [6, 6.07) is 9.03. The molecule has 8 atom stereocenters. The van der Waals surface area contributed by atoms with Crippen LogP contribution in [0.25, 0.3) is 0 Å². The molecule has 1 saturated heterocycles. The van der Waals surface area contributed by atoms with E-state index in [2.05, 4.69) is 31.0 Å². The molecule has 9 nitrogen and oxygen atoms in total. The maximum atomic E-state index is 14.0. The number of amides is 2. The van der Waals surface area contributed by atoms with E-state index < -0.39 is 24.2 Å². The topological polar surface area (TPSA) is 115 Å². The normalized spacial score (nSPS) is 19.6. The molecule has 3 rings (SSSR count). The van der Waals surface area contributed by atoms with Gasteiger partial charge in [-0.2, -0.15) is 11.8 Å². The Kier molecular flexibility index (Phi) is 15.7. The summed E-state index contributed by atoms with van der Waals surface area (Å²) < 4.78 is 11.9. The molecular formula is C35H54N4O5S2. The van der Waals surface area contributed by atoms with Gasteiger partial charge in [-0.15, -0.1) is 11.3 Å². The van der Waals surface area contributed by atoms with E-state index in [9.17, 15) is 14.4 Å². The second kappa shape index (κ2) is 18.9. The molecule has 1 aromatic carbocycles. The number of methoxy groups -OCH3 is 2. The van der Waals surface area contributed by atoms with E-state index in [-0.39, 0.29) is 47.9 Å². The van der Waals surface area contributed by atoms with Gasteiger partial charge >= 0.3 is 0 Å². The van der Waals surface area contributed by atoms with Gasteiger partial charge in [0.15, 0.2) is 0 Å².